The number of allylic oxidation sites excluding steroid dienone is 1. The molecule has 2 aromatic rings. The molecule has 2 aliphatic rings. The second-order valence-corrected chi connectivity index (χ2v) is 10.8. The van der Waals surface area contributed by atoms with E-state index in [1.807, 2.05) is 24.3 Å². The molecule has 4 rings (SSSR count). The number of nitrogens with two attached hydrogens (primary N) is 1. The van der Waals surface area contributed by atoms with Crippen molar-refractivity contribution in [2.75, 3.05) is 39.6 Å². The predicted molar refractivity (Wildman–Crippen MR) is 176 cm³/mol. The first-order valence-electron chi connectivity index (χ1n) is 14.6. The number of amidine groups is 1. The fraction of sp³-hybridized carbons (Fsp3) is 0.333. The van der Waals surface area contributed by atoms with E-state index in [1.165, 1.54) is 14.2 Å². The number of nitriles is 1. The van der Waals surface area contributed by atoms with Gasteiger partial charge in [0.1, 0.15) is 17.6 Å². The number of amides is 2. The van der Waals surface area contributed by atoms with Crippen LogP contribution >= 0.6 is 0 Å². The lowest BCUT2D eigenvalue weighted by Crippen LogP contribution is -2.50. The van der Waals surface area contributed by atoms with E-state index >= 15 is 0 Å². The Labute approximate surface area is 263 Å². The summed E-state index contributed by atoms with van der Waals surface area (Å²) in [4.78, 5) is 40.4. The Morgan fingerprint density at radius 2 is 1.98 bits per heavy atom. The molecule has 1 aromatic carbocycles. The summed E-state index contributed by atoms with van der Waals surface area (Å²) in [6.07, 6.45) is 6.68. The van der Waals surface area contributed by atoms with Crippen LogP contribution in [0.2, 0.25) is 0 Å². The van der Waals surface area contributed by atoms with Gasteiger partial charge in [-0.1, -0.05) is 18.7 Å². The zero-order chi connectivity index (χ0) is 32.5. The average Bonchev–Trinajstić information content (AvgIpc) is 3.89. The average molecular weight is 610 g/mol. The number of carbonyl (C=O) groups excluding carboxylic acids is 2. The molecule has 234 valence electrons. The second kappa shape index (κ2) is 14.9. The molecule has 0 bridgehead atoms. The van der Waals surface area contributed by atoms with Crippen LogP contribution in [0.15, 0.2) is 76.4 Å². The number of likely N-dealkylation sites (N-methyl/N-ethyl adjacent to an activating group) is 1. The largest absolute Gasteiger partial charge is 0.494 e. The van der Waals surface area contributed by atoms with Gasteiger partial charge in [0.15, 0.2) is 5.75 Å². The van der Waals surface area contributed by atoms with Gasteiger partial charge in [-0.2, -0.15) is 5.26 Å². The molecule has 12 nitrogen and oxygen atoms in total. The molecule has 1 saturated carbocycles. The number of anilines is 1. The van der Waals surface area contributed by atoms with Gasteiger partial charge in [-0.3, -0.25) is 24.5 Å². The monoisotopic (exact) mass is 609 g/mol. The number of pyridine rings is 1. The third kappa shape index (κ3) is 8.21. The van der Waals surface area contributed by atoms with Crippen LogP contribution in [0.5, 0.6) is 5.75 Å². The Kier molecular flexibility index (Phi) is 10.8. The first-order valence-corrected chi connectivity index (χ1v) is 14.6. The lowest BCUT2D eigenvalue weighted by Gasteiger charge is -2.40. The number of rotatable bonds is 12. The Morgan fingerprint density at radius 3 is 2.62 bits per heavy atom. The van der Waals surface area contributed by atoms with Gasteiger partial charge in [-0.25, -0.2) is 4.98 Å². The molecule has 1 aromatic heterocycles. The van der Waals surface area contributed by atoms with E-state index in [2.05, 4.69) is 55.4 Å². The summed E-state index contributed by atoms with van der Waals surface area (Å²) in [7, 11) is 4.60. The van der Waals surface area contributed by atoms with Crippen molar-refractivity contribution in [1.82, 2.24) is 20.5 Å². The molecule has 1 unspecified atom stereocenters. The summed E-state index contributed by atoms with van der Waals surface area (Å²) >= 11 is 0. The molecule has 1 aliphatic carbocycles. The maximum absolute atomic E-state index is 12.5. The molecule has 5 N–H and O–H groups in total. The Bertz CT molecular complexity index is 1610. The van der Waals surface area contributed by atoms with Gasteiger partial charge < -0.3 is 26.4 Å². The maximum atomic E-state index is 12.5. The van der Waals surface area contributed by atoms with Gasteiger partial charge in [0.25, 0.3) is 5.91 Å². The number of nitrogens with zero attached hydrogens (tertiary/aromatic N) is 5. The first kappa shape index (κ1) is 32.6. The highest BCUT2D eigenvalue weighted by Gasteiger charge is 2.31. The highest BCUT2D eigenvalue weighted by molar-refractivity contribution is 6.08. The van der Waals surface area contributed by atoms with Crippen LogP contribution < -0.4 is 26.4 Å². The fourth-order valence-electron chi connectivity index (χ4n) is 4.73. The minimum Gasteiger partial charge on any atom is -0.494 e. The van der Waals surface area contributed by atoms with E-state index in [0.29, 0.717) is 39.9 Å². The highest BCUT2D eigenvalue weighted by atomic mass is 16.5. The molecule has 1 atom stereocenters. The molecular weight excluding hydrogens is 570 g/mol. The molecule has 12 heteroatoms. The quantitative estimate of drug-likeness (QED) is 0.123. The van der Waals surface area contributed by atoms with Gasteiger partial charge >= 0.3 is 0 Å². The number of ether oxygens (including phenoxy) is 1. The van der Waals surface area contributed by atoms with Crippen LogP contribution in [-0.4, -0.2) is 74.1 Å². The number of aromatic nitrogens is 1. The van der Waals surface area contributed by atoms with Crippen molar-refractivity contribution in [1.29, 1.82) is 5.26 Å². The van der Waals surface area contributed by atoms with Crippen molar-refractivity contribution < 1.29 is 14.3 Å². The standard InChI is InChI=1S/C33H39N9O3/c1-20(32(43)37-4)29(16-30(36-3)41-33(44)22-12-13-22)40-28-11-7-9-25(31(28)45-5)26(35)14-15-38-24-18-42(19-24)21(2)27-10-6-8-23(17-34)39-27/h6-11,14-16,21-22,24,40H,1,12-13,18-19,35H2,2-5H3,(H,37,43)(H,36,41,44)/b26-14-,29-16+,38-15?. The lowest BCUT2D eigenvalue weighted by molar-refractivity contribution is -0.120. The van der Waals surface area contributed by atoms with Crippen LogP contribution in [0, 0.1) is 17.2 Å². The number of para-hydroxylation sites is 1. The van der Waals surface area contributed by atoms with Crippen LogP contribution in [0.1, 0.15) is 42.8 Å². The zero-order valence-corrected chi connectivity index (χ0v) is 26.0. The summed E-state index contributed by atoms with van der Waals surface area (Å²) in [5, 5.41) is 17.7. The number of methoxy groups -OCH3 is 1. The highest BCUT2D eigenvalue weighted by Crippen LogP contribution is 2.34. The predicted octanol–water partition coefficient (Wildman–Crippen LogP) is 2.93. The number of nitrogens with one attached hydrogen (secondary N) is 3. The summed E-state index contributed by atoms with van der Waals surface area (Å²) in [5.74, 6) is 0.215. The molecule has 2 amide bonds. The number of carbonyl (C=O) groups is 2. The SMILES string of the molecule is C=C(C(=O)NC)/C(=C\C(=NC)NC(=O)C1CC1)Nc1cccc(/C(N)=C/C=NC2CN(C(C)c3cccc(C#N)n3)C2)c1OC. The van der Waals surface area contributed by atoms with Gasteiger partial charge in [-0.15, -0.1) is 0 Å². The van der Waals surface area contributed by atoms with E-state index in [0.717, 1.165) is 31.6 Å². The van der Waals surface area contributed by atoms with Crippen LogP contribution in [0.3, 0.4) is 0 Å². The summed E-state index contributed by atoms with van der Waals surface area (Å²) < 4.78 is 5.74. The van der Waals surface area contributed by atoms with Crippen molar-refractivity contribution in [2.45, 2.75) is 31.8 Å². The number of likely N-dealkylation sites (tertiary alicyclic amines) is 1. The van der Waals surface area contributed by atoms with E-state index in [-0.39, 0.29) is 29.5 Å². The minimum atomic E-state index is -0.403. The van der Waals surface area contributed by atoms with Crippen molar-refractivity contribution in [2.24, 2.45) is 21.6 Å². The third-order valence-electron chi connectivity index (χ3n) is 7.65. The molecule has 45 heavy (non-hydrogen) atoms. The van der Waals surface area contributed by atoms with Crippen LogP contribution in [0.4, 0.5) is 5.69 Å². The van der Waals surface area contributed by atoms with E-state index in [9.17, 15) is 9.59 Å². The van der Waals surface area contributed by atoms with E-state index in [4.69, 9.17) is 15.7 Å². The summed E-state index contributed by atoms with van der Waals surface area (Å²) in [5.41, 5.74) is 9.79. The second-order valence-electron chi connectivity index (χ2n) is 10.8. The van der Waals surface area contributed by atoms with E-state index in [1.54, 1.807) is 37.5 Å². The zero-order valence-electron chi connectivity index (χ0n) is 26.0. The maximum Gasteiger partial charge on any atom is 0.252 e. The van der Waals surface area contributed by atoms with Crippen molar-refractivity contribution in [3.63, 3.8) is 0 Å². The van der Waals surface area contributed by atoms with Crippen LogP contribution in [0.25, 0.3) is 5.70 Å². The van der Waals surface area contributed by atoms with Gasteiger partial charge in [0.2, 0.25) is 5.91 Å². The minimum absolute atomic E-state index is 0.0131. The Hall–Kier alpha value is -5.28. The first-order chi connectivity index (χ1) is 21.7. The normalized spacial score (nSPS) is 16.8. The Morgan fingerprint density at radius 1 is 1.24 bits per heavy atom. The van der Waals surface area contributed by atoms with E-state index < -0.39 is 5.91 Å². The number of aliphatic imine (C=N–C) groups is 2. The van der Waals surface area contributed by atoms with Gasteiger partial charge in [0.05, 0.1) is 35.8 Å². The molecule has 1 aliphatic heterocycles. The molecule has 2 fully saturated rings. The van der Waals surface area contributed by atoms with Crippen molar-refractivity contribution in [3.05, 3.63) is 83.4 Å². The fourth-order valence-corrected chi connectivity index (χ4v) is 4.73. The van der Waals surface area contributed by atoms with Gasteiger partial charge in [-0.05, 0) is 50.1 Å². The third-order valence-corrected chi connectivity index (χ3v) is 7.65. The van der Waals surface area contributed by atoms with Crippen molar-refractivity contribution >= 4 is 35.2 Å². The Balaban J connectivity index is 1.47. The molecule has 0 spiro atoms. The van der Waals surface area contributed by atoms with Crippen molar-refractivity contribution in [3.8, 4) is 11.8 Å². The molecule has 2 heterocycles. The molecule has 0 radical (unpaired) electrons. The lowest BCUT2D eigenvalue weighted by atomic mass is 10.0. The smallest absolute Gasteiger partial charge is 0.252 e. The topological polar surface area (TPSA) is 170 Å². The van der Waals surface area contributed by atoms with Crippen LogP contribution in [-0.2, 0) is 9.59 Å². The molecular formula is C33H39N9O3. The summed E-state index contributed by atoms with van der Waals surface area (Å²) in [6.45, 7) is 7.53. The number of benzene rings is 1. The van der Waals surface area contributed by atoms with Gasteiger partial charge in [0, 0.05) is 62.7 Å². The summed E-state index contributed by atoms with van der Waals surface area (Å²) in [6, 6.07) is 13.2. The number of hydrogen-bond donors (Lipinski definition) is 4. The molecule has 1 saturated heterocycles. The number of hydrogen-bond acceptors (Lipinski definition) is 10.